The molecule has 0 fully saturated rings. The van der Waals surface area contributed by atoms with Gasteiger partial charge in [-0.05, 0) is 18.1 Å². The first-order chi connectivity index (χ1) is 14.2. The lowest BCUT2D eigenvalue weighted by atomic mass is 10.0. The highest BCUT2D eigenvalue weighted by molar-refractivity contribution is 7.15. The van der Waals surface area contributed by atoms with Crippen molar-refractivity contribution in [3.8, 4) is 11.1 Å². The van der Waals surface area contributed by atoms with Crippen LogP contribution in [0.1, 0.15) is 22.8 Å². The fourth-order valence-corrected chi connectivity index (χ4v) is 3.56. The number of hydrogen-bond donors (Lipinski definition) is 1. The average molecular weight is 408 g/mol. The molecule has 2 aromatic carbocycles. The van der Waals surface area contributed by atoms with Crippen molar-refractivity contribution in [2.75, 3.05) is 18.5 Å². The van der Waals surface area contributed by atoms with Gasteiger partial charge in [-0.3, -0.25) is 4.79 Å². The number of thiophene rings is 1. The third-order valence-corrected chi connectivity index (χ3v) is 4.78. The summed E-state index contributed by atoms with van der Waals surface area (Å²) >= 11 is 1.26. The molecule has 1 amide bonds. The number of rotatable bonds is 8. The maximum Gasteiger partial charge on any atom is 0.341 e. The van der Waals surface area contributed by atoms with E-state index in [1.54, 1.807) is 6.92 Å². The molecule has 3 aromatic rings. The van der Waals surface area contributed by atoms with Gasteiger partial charge in [0, 0.05) is 10.9 Å². The molecule has 1 aromatic heterocycles. The molecule has 0 saturated heterocycles. The minimum Gasteiger partial charge on any atom is -0.462 e. The van der Waals surface area contributed by atoms with Gasteiger partial charge in [-0.1, -0.05) is 65.8 Å². The van der Waals surface area contributed by atoms with E-state index in [0.29, 0.717) is 16.1 Å². The number of oxime groups is 1. The van der Waals surface area contributed by atoms with Crippen LogP contribution in [0.2, 0.25) is 0 Å². The minimum absolute atomic E-state index is 0.244. The van der Waals surface area contributed by atoms with E-state index in [2.05, 4.69) is 10.5 Å². The van der Waals surface area contributed by atoms with Crippen LogP contribution >= 0.6 is 11.3 Å². The van der Waals surface area contributed by atoms with Crippen LogP contribution < -0.4 is 5.32 Å². The number of hydrogen-bond acceptors (Lipinski definition) is 6. The molecule has 0 radical (unpaired) electrons. The van der Waals surface area contributed by atoms with Gasteiger partial charge in [0.1, 0.15) is 10.6 Å². The van der Waals surface area contributed by atoms with E-state index in [-0.39, 0.29) is 13.2 Å². The standard InChI is InChI=1S/C22H20N2O4S/c1-2-27-22(26)20-18(17-11-7-4-8-12-17)15-29-21(20)24-19(25)14-28-23-13-16-9-5-3-6-10-16/h3-13,15H,2,14H2,1H3,(H,24,25)/b23-13-. The number of amides is 1. The Balaban J connectivity index is 1.69. The first kappa shape index (κ1) is 20.3. The molecule has 6 nitrogen and oxygen atoms in total. The molecule has 0 saturated carbocycles. The summed E-state index contributed by atoms with van der Waals surface area (Å²) < 4.78 is 5.18. The number of carbonyl (C=O) groups is 2. The van der Waals surface area contributed by atoms with E-state index < -0.39 is 11.9 Å². The molecule has 29 heavy (non-hydrogen) atoms. The molecule has 0 bridgehead atoms. The van der Waals surface area contributed by atoms with Crippen molar-refractivity contribution in [3.63, 3.8) is 0 Å². The van der Waals surface area contributed by atoms with Crippen LogP contribution in [-0.2, 0) is 14.4 Å². The summed E-state index contributed by atoms with van der Waals surface area (Å²) in [5.41, 5.74) is 2.79. The Morgan fingerprint density at radius 1 is 1.07 bits per heavy atom. The molecular weight excluding hydrogens is 388 g/mol. The molecule has 7 heteroatoms. The lowest BCUT2D eigenvalue weighted by molar-refractivity contribution is -0.120. The predicted octanol–water partition coefficient (Wildman–Crippen LogP) is 4.58. The number of nitrogens with one attached hydrogen (secondary N) is 1. The van der Waals surface area contributed by atoms with E-state index in [0.717, 1.165) is 11.1 Å². The minimum atomic E-state index is -0.481. The van der Waals surface area contributed by atoms with Gasteiger partial charge >= 0.3 is 5.97 Å². The van der Waals surface area contributed by atoms with Gasteiger partial charge < -0.3 is 14.9 Å². The van der Waals surface area contributed by atoms with E-state index in [1.807, 2.05) is 66.0 Å². The highest BCUT2D eigenvalue weighted by atomic mass is 32.1. The van der Waals surface area contributed by atoms with Crippen molar-refractivity contribution in [2.45, 2.75) is 6.92 Å². The Hall–Kier alpha value is -3.45. The smallest absolute Gasteiger partial charge is 0.341 e. The van der Waals surface area contributed by atoms with Crippen molar-refractivity contribution < 1.29 is 19.2 Å². The fraction of sp³-hybridized carbons (Fsp3) is 0.136. The van der Waals surface area contributed by atoms with Crippen LogP contribution in [0.5, 0.6) is 0 Å². The highest BCUT2D eigenvalue weighted by Gasteiger charge is 2.22. The number of benzene rings is 2. The monoisotopic (exact) mass is 408 g/mol. The third kappa shape index (κ3) is 5.52. The van der Waals surface area contributed by atoms with Gasteiger partial charge in [-0.2, -0.15) is 0 Å². The Bertz CT molecular complexity index is 985. The average Bonchev–Trinajstić information content (AvgIpc) is 3.16. The zero-order valence-corrected chi connectivity index (χ0v) is 16.6. The third-order valence-electron chi connectivity index (χ3n) is 3.88. The second-order valence-corrected chi connectivity index (χ2v) is 6.79. The van der Waals surface area contributed by atoms with Gasteiger partial charge in [-0.25, -0.2) is 4.79 Å². The number of anilines is 1. The molecular formula is C22H20N2O4S. The van der Waals surface area contributed by atoms with E-state index >= 15 is 0 Å². The molecule has 1 N–H and O–H groups in total. The molecule has 0 unspecified atom stereocenters. The van der Waals surface area contributed by atoms with E-state index in [1.165, 1.54) is 17.6 Å². The number of ether oxygens (including phenoxy) is 1. The van der Waals surface area contributed by atoms with Gasteiger partial charge in [0.2, 0.25) is 0 Å². The van der Waals surface area contributed by atoms with E-state index in [9.17, 15) is 9.59 Å². The predicted molar refractivity (Wildman–Crippen MR) is 114 cm³/mol. The SMILES string of the molecule is CCOC(=O)c1c(-c2ccccc2)csc1NC(=O)CO/N=C\c1ccccc1. The highest BCUT2D eigenvalue weighted by Crippen LogP contribution is 2.36. The largest absolute Gasteiger partial charge is 0.462 e. The summed E-state index contributed by atoms with van der Waals surface area (Å²) in [5, 5.41) is 8.75. The lowest BCUT2D eigenvalue weighted by Crippen LogP contribution is -2.18. The molecule has 1 heterocycles. The maximum absolute atomic E-state index is 12.5. The quantitative estimate of drug-likeness (QED) is 0.336. The van der Waals surface area contributed by atoms with Crippen molar-refractivity contribution in [2.24, 2.45) is 5.16 Å². The van der Waals surface area contributed by atoms with Crippen molar-refractivity contribution in [1.82, 2.24) is 0 Å². The second-order valence-electron chi connectivity index (χ2n) is 5.91. The van der Waals surface area contributed by atoms with Crippen molar-refractivity contribution in [3.05, 3.63) is 77.2 Å². The van der Waals surface area contributed by atoms with Crippen LogP contribution in [0.3, 0.4) is 0 Å². The molecule has 0 aliphatic rings. The zero-order valence-electron chi connectivity index (χ0n) is 15.8. The first-order valence-electron chi connectivity index (χ1n) is 9.03. The van der Waals surface area contributed by atoms with Gasteiger partial charge in [0.05, 0.1) is 12.8 Å². The maximum atomic E-state index is 12.5. The normalized spacial score (nSPS) is 10.7. The summed E-state index contributed by atoms with van der Waals surface area (Å²) in [4.78, 5) is 29.8. The Morgan fingerprint density at radius 2 is 1.76 bits per heavy atom. The van der Waals surface area contributed by atoms with Crippen LogP contribution in [0.4, 0.5) is 5.00 Å². The van der Waals surface area contributed by atoms with Crippen molar-refractivity contribution in [1.29, 1.82) is 0 Å². The molecule has 0 aliphatic carbocycles. The topological polar surface area (TPSA) is 77.0 Å². The van der Waals surface area contributed by atoms with E-state index in [4.69, 9.17) is 9.57 Å². The molecule has 148 valence electrons. The van der Waals surface area contributed by atoms with Gasteiger partial charge in [0.15, 0.2) is 6.61 Å². The Kier molecular flexibility index (Phi) is 7.13. The number of nitrogens with zero attached hydrogens (tertiary/aromatic N) is 1. The summed E-state index contributed by atoms with van der Waals surface area (Å²) in [6.45, 7) is 1.71. The summed E-state index contributed by atoms with van der Waals surface area (Å²) in [7, 11) is 0. The van der Waals surface area contributed by atoms with Gasteiger partial charge in [-0.15, -0.1) is 11.3 Å². The fourth-order valence-electron chi connectivity index (χ4n) is 2.58. The molecule has 3 rings (SSSR count). The number of esters is 1. The van der Waals surface area contributed by atoms with Crippen LogP contribution in [0.15, 0.2) is 71.2 Å². The summed E-state index contributed by atoms with van der Waals surface area (Å²) in [6.07, 6.45) is 1.52. The van der Waals surface area contributed by atoms with Gasteiger partial charge in [0.25, 0.3) is 5.91 Å². The summed E-state index contributed by atoms with van der Waals surface area (Å²) in [6, 6.07) is 18.9. The zero-order chi connectivity index (χ0) is 20.5. The Labute approximate surface area is 172 Å². The van der Waals surface area contributed by atoms with Crippen LogP contribution in [0, 0.1) is 0 Å². The molecule has 0 spiro atoms. The lowest BCUT2D eigenvalue weighted by Gasteiger charge is -2.08. The molecule has 0 aliphatic heterocycles. The van der Waals surface area contributed by atoms with Crippen LogP contribution in [0.25, 0.3) is 11.1 Å². The Morgan fingerprint density at radius 3 is 2.45 bits per heavy atom. The molecule has 0 atom stereocenters. The van der Waals surface area contributed by atoms with Crippen molar-refractivity contribution >= 4 is 34.4 Å². The van der Waals surface area contributed by atoms with Crippen LogP contribution in [-0.4, -0.2) is 31.3 Å². The first-order valence-corrected chi connectivity index (χ1v) is 9.91. The summed E-state index contributed by atoms with van der Waals surface area (Å²) in [5.74, 6) is -0.895. The second kappa shape index (κ2) is 10.2. The number of carbonyl (C=O) groups excluding carboxylic acids is 2.